The first-order chi connectivity index (χ1) is 14.7. The summed E-state index contributed by atoms with van der Waals surface area (Å²) in [6.07, 6.45) is -4.64. The number of piperazine rings is 1. The second-order valence-electron chi connectivity index (χ2n) is 7.70. The second kappa shape index (κ2) is 8.23. The van der Waals surface area contributed by atoms with E-state index in [0.29, 0.717) is 24.5 Å². The van der Waals surface area contributed by atoms with Crippen LogP contribution in [0, 0.1) is 18.8 Å². The number of nitrogens with two attached hydrogens (primary N) is 1. The first kappa shape index (κ1) is 21.8. The van der Waals surface area contributed by atoms with E-state index in [0.717, 1.165) is 25.2 Å². The number of aromatic nitrogens is 1. The number of ether oxygens (including phenoxy) is 1. The lowest BCUT2D eigenvalue weighted by atomic mass is 9.94. The highest BCUT2D eigenvalue weighted by molar-refractivity contribution is 6.35. The molecule has 1 saturated heterocycles. The van der Waals surface area contributed by atoms with Gasteiger partial charge in [0.1, 0.15) is 18.2 Å². The Morgan fingerprint density at radius 3 is 2.84 bits per heavy atom. The molecule has 9 heteroatoms. The lowest BCUT2D eigenvalue weighted by Crippen LogP contribution is -2.52. The molecule has 31 heavy (non-hydrogen) atoms. The van der Waals surface area contributed by atoms with Crippen LogP contribution in [0.1, 0.15) is 29.2 Å². The predicted octanol–water partition coefficient (Wildman–Crippen LogP) is 3.85. The number of nitrogens with zero attached hydrogens (tertiary/aromatic N) is 2. The molecule has 1 fully saturated rings. The molecule has 2 aromatic rings. The van der Waals surface area contributed by atoms with Crippen molar-refractivity contribution in [1.29, 1.82) is 0 Å². The third-order valence-corrected chi connectivity index (χ3v) is 5.94. The zero-order valence-corrected chi connectivity index (χ0v) is 17.9. The molecule has 1 unspecified atom stereocenters. The third kappa shape index (κ3) is 4.05. The molecule has 0 amide bonds. The molecule has 4 rings (SSSR count). The van der Waals surface area contributed by atoms with Crippen LogP contribution in [-0.4, -0.2) is 42.2 Å². The summed E-state index contributed by atoms with van der Waals surface area (Å²) in [5.74, 6) is 6.04. The van der Waals surface area contributed by atoms with Crippen LogP contribution in [0.25, 0.3) is 11.3 Å². The summed E-state index contributed by atoms with van der Waals surface area (Å²) in [6.45, 7) is 6.41. The molecule has 1 atom stereocenters. The maximum Gasteiger partial charge on any atom is 0.418 e. The fraction of sp³-hybridized carbons (Fsp3) is 0.409. The van der Waals surface area contributed by atoms with Crippen LogP contribution in [0.4, 0.5) is 19.0 Å². The number of aryl methyl sites for hydroxylation is 1. The summed E-state index contributed by atoms with van der Waals surface area (Å²) in [4.78, 5) is 6.33. The number of nitrogens with one attached hydrogen (secondary N) is 1. The largest absolute Gasteiger partial charge is 0.490 e. The zero-order chi connectivity index (χ0) is 22.3. The molecule has 5 nitrogen and oxygen atoms in total. The monoisotopic (exact) mass is 450 g/mol. The Kier molecular flexibility index (Phi) is 5.77. The van der Waals surface area contributed by atoms with Crippen molar-refractivity contribution in [2.75, 3.05) is 32.0 Å². The van der Waals surface area contributed by atoms with Crippen LogP contribution in [0.15, 0.2) is 12.1 Å². The maximum atomic E-state index is 14.0. The van der Waals surface area contributed by atoms with Gasteiger partial charge in [0.25, 0.3) is 0 Å². The van der Waals surface area contributed by atoms with Gasteiger partial charge in [-0.3, -0.25) is 4.90 Å². The lowest BCUT2D eigenvalue weighted by molar-refractivity contribution is -0.137. The Hall–Kier alpha value is -2.47. The van der Waals surface area contributed by atoms with Crippen molar-refractivity contribution in [3.63, 3.8) is 0 Å². The molecule has 1 aromatic carbocycles. The summed E-state index contributed by atoms with van der Waals surface area (Å²) in [5.41, 5.74) is 5.84. The number of rotatable bonds is 1. The highest BCUT2D eigenvalue weighted by Crippen LogP contribution is 2.46. The van der Waals surface area contributed by atoms with Crippen LogP contribution in [0.3, 0.4) is 0 Å². The number of nitrogen functional groups attached to an aromatic ring is 1. The fourth-order valence-corrected chi connectivity index (χ4v) is 4.60. The van der Waals surface area contributed by atoms with Gasteiger partial charge in [0, 0.05) is 42.9 Å². The van der Waals surface area contributed by atoms with E-state index in [1.807, 2.05) is 0 Å². The quantitative estimate of drug-likeness (QED) is 0.646. The topological polar surface area (TPSA) is 63.4 Å². The Bertz CT molecular complexity index is 1090. The zero-order valence-electron chi connectivity index (χ0n) is 17.2. The van der Waals surface area contributed by atoms with Gasteiger partial charge in [0.15, 0.2) is 0 Å². The average molecular weight is 451 g/mol. The van der Waals surface area contributed by atoms with Crippen molar-refractivity contribution < 1.29 is 17.9 Å². The van der Waals surface area contributed by atoms with Gasteiger partial charge < -0.3 is 15.8 Å². The Balaban J connectivity index is 1.97. The average Bonchev–Trinajstić information content (AvgIpc) is 2.86. The molecule has 164 valence electrons. The first-order valence-corrected chi connectivity index (χ1v) is 10.3. The van der Waals surface area contributed by atoms with Crippen molar-refractivity contribution in [2.45, 2.75) is 32.6 Å². The molecule has 1 aromatic heterocycles. The number of hydrogen-bond acceptors (Lipinski definition) is 5. The molecule has 0 aliphatic carbocycles. The summed E-state index contributed by atoms with van der Waals surface area (Å²) in [6, 6.07) is 3.12. The molecule has 0 spiro atoms. The van der Waals surface area contributed by atoms with E-state index in [9.17, 15) is 13.2 Å². The summed E-state index contributed by atoms with van der Waals surface area (Å²) in [5, 5.41) is 3.41. The number of anilines is 1. The van der Waals surface area contributed by atoms with E-state index >= 15 is 0 Å². The Morgan fingerprint density at radius 2 is 2.13 bits per heavy atom. The molecule has 3 heterocycles. The van der Waals surface area contributed by atoms with Gasteiger partial charge in [-0.25, -0.2) is 4.98 Å². The standard InChI is InChI=1S/C22H22ClF3N4O/c1-3-4-13-8-14-10-30-6-5-28-9-15(30)11-31-21(14)19(23)17(13)20-18(22(24,25)26)12(2)7-16(27)29-20/h7-8,15,28H,5-6,9-11H2,1-2H3,(H2,27,29). The molecule has 2 aliphatic heterocycles. The van der Waals surface area contributed by atoms with Gasteiger partial charge in [-0.15, -0.1) is 5.92 Å². The smallest absolute Gasteiger partial charge is 0.418 e. The van der Waals surface area contributed by atoms with Gasteiger partial charge in [-0.05, 0) is 31.5 Å². The van der Waals surface area contributed by atoms with Gasteiger partial charge in [0.05, 0.1) is 22.3 Å². The minimum atomic E-state index is -4.64. The number of pyridine rings is 1. The van der Waals surface area contributed by atoms with Gasteiger partial charge in [-0.2, -0.15) is 13.2 Å². The second-order valence-corrected chi connectivity index (χ2v) is 8.08. The number of fused-ring (bicyclic) bond motifs is 2. The van der Waals surface area contributed by atoms with Crippen LogP contribution < -0.4 is 15.8 Å². The van der Waals surface area contributed by atoms with Crippen LogP contribution in [-0.2, 0) is 12.7 Å². The molecule has 0 saturated carbocycles. The van der Waals surface area contributed by atoms with Crippen molar-refractivity contribution >= 4 is 17.4 Å². The van der Waals surface area contributed by atoms with Crippen molar-refractivity contribution in [2.24, 2.45) is 0 Å². The van der Waals surface area contributed by atoms with E-state index in [1.165, 1.54) is 13.0 Å². The summed E-state index contributed by atoms with van der Waals surface area (Å²) >= 11 is 6.72. The van der Waals surface area contributed by atoms with Gasteiger partial charge in [0.2, 0.25) is 0 Å². The maximum absolute atomic E-state index is 14.0. The number of benzene rings is 1. The van der Waals surface area contributed by atoms with Crippen LogP contribution in [0.2, 0.25) is 5.02 Å². The number of hydrogen-bond donors (Lipinski definition) is 2. The van der Waals surface area contributed by atoms with E-state index in [2.05, 4.69) is 27.0 Å². The molecule has 3 N–H and O–H groups in total. The molecular weight excluding hydrogens is 429 g/mol. The lowest BCUT2D eigenvalue weighted by Gasteiger charge is -2.33. The fourth-order valence-electron chi connectivity index (χ4n) is 4.23. The highest BCUT2D eigenvalue weighted by atomic mass is 35.5. The predicted molar refractivity (Wildman–Crippen MR) is 114 cm³/mol. The van der Waals surface area contributed by atoms with E-state index in [1.54, 1.807) is 13.0 Å². The van der Waals surface area contributed by atoms with Crippen LogP contribution in [0.5, 0.6) is 5.75 Å². The first-order valence-electron chi connectivity index (χ1n) is 9.91. The van der Waals surface area contributed by atoms with E-state index in [-0.39, 0.29) is 33.7 Å². The van der Waals surface area contributed by atoms with Crippen molar-refractivity contribution in [3.8, 4) is 28.8 Å². The Morgan fingerprint density at radius 1 is 1.35 bits per heavy atom. The van der Waals surface area contributed by atoms with Crippen molar-refractivity contribution in [1.82, 2.24) is 15.2 Å². The minimum Gasteiger partial charge on any atom is -0.490 e. The third-order valence-electron chi connectivity index (χ3n) is 5.58. The SMILES string of the molecule is CC#Cc1cc2c(c(Cl)c1-c1nc(N)cc(C)c1C(F)(F)F)OCC1CNCCN1C2. The number of alkyl halides is 3. The highest BCUT2D eigenvalue weighted by Gasteiger charge is 2.39. The van der Waals surface area contributed by atoms with E-state index < -0.39 is 11.7 Å². The van der Waals surface area contributed by atoms with Gasteiger partial charge >= 0.3 is 6.18 Å². The minimum absolute atomic E-state index is 0.0222. The summed E-state index contributed by atoms with van der Waals surface area (Å²) in [7, 11) is 0. The van der Waals surface area contributed by atoms with Crippen molar-refractivity contribution in [3.05, 3.63) is 39.4 Å². The van der Waals surface area contributed by atoms with E-state index in [4.69, 9.17) is 22.1 Å². The molecule has 0 radical (unpaired) electrons. The molecule has 2 aliphatic rings. The Labute approximate surface area is 183 Å². The molecular formula is C22H22ClF3N4O. The molecule has 0 bridgehead atoms. The normalized spacial score (nSPS) is 18.8. The van der Waals surface area contributed by atoms with Gasteiger partial charge in [-0.1, -0.05) is 17.5 Å². The number of halogens is 4. The van der Waals surface area contributed by atoms with Crippen LogP contribution >= 0.6 is 11.6 Å². The summed E-state index contributed by atoms with van der Waals surface area (Å²) < 4.78 is 48.0.